The van der Waals surface area contributed by atoms with Crippen LogP contribution in [0.4, 0.5) is 10.1 Å². The second kappa shape index (κ2) is 9.83. The van der Waals surface area contributed by atoms with E-state index in [4.69, 9.17) is 0 Å². The highest BCUT2D eigenvalue weighted by Crippen LogP contribution is 2.15. The molecule has 0 bridgehead atoms. The van der Waals surface area contributed by atoms with Crippen LogP contribution in [0.15, 0.2) is 60.0 Å². The third-order valence-corrected chi connectivity index (χ3v) is 5.06. The number of nitrogens with one attached hydrogen (secondary N) is 2. The van der Waals surface area contributed by atoms with Crippen LogP contribution >= 0.6 is 11.8 Å². The monoisotopic (exact) mass is 413 g/mol. The van der Waals surface area contributed by atoms with Crippen LogP contribution in [-0.4, -0.2) is 38.9 Å². The maximum absolute atomic E-state index is 13.2. The van der Waals surface area contributed by atoms with Crippen molar-refractivity contribution in [2.75, 3.05) is 17.6 Å². The van der Waals surface area contributed by atoms with Crippen LogP contribution in [0, 0.1) is 5.82 Å². The fourth-order valence-corrected chi connectivity index (χ4v) is 3.24. The predicted octanol–water partition coefficient (Wildman–Crippen LogP) is 2.66. The molecule has 7 nitrogen and oxygen atoms in total. The van der Waals surface area contributed by atoms with Crippen LogP contribution in [0.25, 0.3) is 0 Å². The summed E-state index contributed by atoms with van der Waals surface area (Å²) in [6, 6.07) is 12.9. The minimum atomic E-state index is -0.290. The molecule has 2 amide bonds. The van der Waals surface area contributed by atoms with Crippen molar-refractivity contribution in [3.8, 4) is 0 Å². The maximum Gasteiger partial charge on any atom is 0.251 e. The van der Waals surface area contributed by atoms with Gasteiger partial charge in [0.05, 0.1) is 5.75 Å². The lowest BCUT2D eigenvalue weighted by molar-refractivity contribution is -0.113. The Morgan fingerprint density at radius 3 is 2.66 bits per heavy atom. The lowest BCUT2D eigenvalue weighted by atomic mass is 10.1. The number of benzene rings is 2. The highest BCUT2D eigenvalue weighted by Gasteiger charge is 2.09. The zero-order valence-corrected chi connectivity index (χ0v) is 16.6. The number of hydrogen-bond donors (Lipinski definition) is 2. The summed E-state index contributed by atoms with van der Waals surface area (Å²) in [6.07, 6.45) is 2.11. The van der Waals surface area contributed by atoms with E-state index in [0.717, 1.165) is 5.56 Å². The summed E-state index contributed by atoms with van der Waals surface area (Å²) < 4.78 is 14.9. The lowest BCUT2D eigenvalue weighted by Crippen LogP contribution is -2.25. The van der Waals surface area contributed by atoms with E-state index in [1.54, 1.807) is 41.2 Å². The number of rotatable bonds is 8. The number of carbonyl (C=O) groups is 2. The molecule has 2 aromatic carbocycles. The van der Waals surface area contributed by atoms with Crippen LogP contribution < -0.4 is 10.6 Å². The molecule has 0 saturated carbocycles. The minimum Gasteiger partial charge on any atom is -0.352 e. The van der Waals surface area contributed by atoms with Crippen molar-refractivity contribution in [2.24, 2.45) is 7.05 Å². The van der Waals surface area contributed by atoms with Gasteiger partial charge in [-0.3, -0.25) is 9.59 Å². The topological polar surface area (TPSA) is 88.9 Å². The van der Waals surface area contributed by atoms with Gasteiger partial charge in [0.1, 0.15) is 12.1 Å². The molecule has 1 heterocycles. The Kier molecular flexibility index (Phi) is 6.96. The van der Waals surface area contributed by atoms with Crippen LogP contribution in [0.3, 0.4) is 0 Å². The summed E-state index contributed by atoms with van der Waals surface area (Å²) in [7, 11) is 1.81. The molecule has 150 valence electrons. The van der Waals surface area contributed by atoms with E-state index in [2.05, 4.69) is 20.8 Å². The molecule has 3 aromatic rings. The Hall–Kier alpha value is -3.20. The molecule has 0 aliphatic rings. The fourth-order valence-electron chi connectivity index (χ4n) is 2.55. The molecular weight excluding hydrogens is 393 g/mol. The number of halogens is 1. The predicted molar refractivity (Wildman–Crippen MR) is 109 cm³/mol. The second-order valence-electron chi connectivity index (χ2n) is 6.27. The van der Waals surface area contributed by atoms with Gasteiger partial charge < -0.3 is 15.2 Å². The average molecular weight is 413 g/mol. The Morgan fingerprint density at radius 2 is 1.97 bits per heavy atom. The lowest BCUT2D eigenvalue weighted by Gasteiger charge is -2.08. The molecule has 29 heavy (non-hydrogen) atoms. The van der Waals surface area contributed by atoms with Gasteiger partial charge in [0.2, 0.25) is 5.91 Å². The van der Waals surface area contributed by atoms with E-state index >= 15 is 0 Å². The average Bonchev–Trinajstić information content (AvgIpc) is 3.12. The van der Waals surface area contributed by atoms with Gasteiger partial charge in [0.25, 0.3) is 5.91 Å². The van der Waals surface area contributed by atoms with Gasteiger partial charge in [-0.15, -0.1) is 10.2 Å². The van der Waals surface area contributed by atoms with Crippen LogP contribution in [-0.2, 0) is 18.3 Å². The Morgan fingerprint density at radius 1 is 1.17 bits per heavy atom. The van der Waals surface area contributed by atoms with Crippen molar-refractivity contribution < 1.29 is 14.0 Å². The first-order valence-electron chi connectivity index (χ1n) is 8.90. The number of amides is 2. The summed E-state index contributed by atoms with van der Waals surface area (Å²) >= 11 is 1.29. The standard InChI is InChI=1S/C20H20FN5O2S/c1-26-13-23-25-20(26)29-12-18(27)24-17-7-5-15(6-8-17)19(28)22-10-9-14-3-2-4-16(21)11-14/h2-8,11,13H,9-10,12H2,1H3,(H,22,28)(H,24,27). The van der Waals surface area contributed by atoms with E-state index in [-0.39, 0.29) is 23.4 Å². The van der Waals surface area contributed by atoms with Crippen molar-refractivity contribution in [1.82, 2.24) is 20.1 Å². The number of aryl methyl sites for hydroxylation is 1. The number of carbonyl (C=O) groups excluding carboxylic acids is 2. The van der Waals surface area contributed by atoms with Crippen LogP contribution in [0.1, 0.15) is 15.9 Å². The smallest absolute Gasteiger partial charge is 0.251 e. The zero-order valence-electron chi connectivity index (χ0n) is 15.8. The van der Waals surface area contributed by atoms with E-state index < -0.39 is 0 Å². The zero-order chi connectivity index (χ0) is 20.6. The van der Waals surface area contributed by atoms with Crippen molar-refractivity contribution >= 4 is 29.3 Å². The third kappa shape index (κ3) is 6.15. The summed E-state index contributed by atoms with van der Waals surface area (Å²) in [5.41, 5.74) is 1.91. The van der Waals surface area contributed by atoms with Gasteiger partial charge >= 0.3 is 0 Å². The molecule has 0 aliphatic heterocycles. The molecule has 0 spiro atoms. The molecular formula is C20H20FN5O2S. The summed E-state index contributed by atoms with van der Waals surface area (Å²) in [4.78, 5) is 24.3. The van der Waals surface area contributed by atoms with Gasteiger partial charge in [-0.25, -0.2) is 4.39 Å². The molecule has 0 unspecified atom stereocenters. The number of nitrogens with zero attached hydrogens (tertiary/aromatic N) is 3. The molecule has 2 N–H and O–H groups in total. The highest BCUT2D eigenvalue weighted by atomic mass is 32.2. The van der Waals surface area contributed by atoms with Crippen molar-refractivity contribution in [1.29, 1.82) is 0 Å². The summed E-state index contributed by atoms with van der Waals surface area (Å²) in [6.45, 7) is 0.403. The molecule has 0 saturated heterocycles. The molecule has 0 aliphatic carbocycles. The van der Waals surface area contributed by atoms with Gasteiger partial charge in [0, 0.05) is 24.8 Å². The highest BCUT2D eigenvalue weighted by molar-refractivity contribution is 7.99. The molecule has 0 radical (unpaired) electrons. The van der Waals surface area contributed by atoms with Crippen molar-refractivity contribution in [3.05, 3.63) is 71.8 Å². The van der Waals surface area contributed by atoms with Gasteiger partial charge in [-0.05, 0) is 48.4 Å². The van der Waals surface area contributed by atoms with Gasteiger partial charge in [-0.2, -0.15) is 0 Å². The third-order valence-electron chi connectivity index (χ3n) is 4.02. The molecule has 0 atom stereocenters. The van der Waals surface area contributed by atoms with E-state index in [9.17, 15) is 14.0 Å². The van der Waals surface area contributed by atoms with E-state index in [1.165, 1.54) is 23.9 Å². The minimum absolute atomic E-state index is 0.176. The van der Waals surface area contributed by atoms with Crippen LogP contribution in [0.5, 0.6) is 0 Å². The van der Waals surface area contributed by atoms with Crippen molar-refractivity contribution in [3.63, 3.8) is 0 Å². The first-order chi connectivity index (χ1) is 14.0. The Labute approximate surface area is 171 Å². The molecule has 0 fully saturated rings. The molecule has 9 heteroatoms. The molecule has 1 aromatic heterocycles. The quantitative estimate of drug-likeness (QED) is 0.554. The maximum atomic E-state index is 13.2. The first kappa shape index (κ1) is 20.5. The summed E-state index contributed by atoms with van der Waals surface area (Å²) in [5, 5.41) is 13.9. The summed E-state index contributed by atoms with van der Waals surface area (Å²) in [5.74, 6) is -0.488. The second-order valence-corrected chi connectivity index (χ2v) is 7.22. The van der Waals surface area contributed by atoms with Crippen molar-refractivity contribution in [2.45, 2.75) is 11.6 Å². The van der Waals surface area contributed by atoms with Gasteiger partial charge in [-0.1, -0.05) is 23.9 Å². The fraction of sp³-hybridized carbons (Fsp3) is 0.200. The number of anilines is 1. The normalized spacial score (nSPS) is 10.6. The number of hydrogen-bond acceptors (Lipinski definition) is 5. The van der Waals surface area contributed by atoms with E-state index in [1.807, 2.05) is 13.1 Å². The SMILES string of the molecule is Cn1cnnc1SCC(=O)Nc1ccc(C(=O)NCCc2cccc(F)c2)cc1. The van der Waals surface area contributed by atoms with E-state index in [0.29, 0.717) is 29.4 Å². The largest absolute Gasteiger partial charge is 0.352 e. The number of thioether (sulfide) groups is 1. The Balaban J connectivity index is 1.44. The number of aromatic nitrogens is 3. The molecule has 3 rings (SSSR count). The van der Waals surface area contributed by atoms with Crippen LogP contribution in [0.2, 0.25) is 0 Å². The van der Waals surface area contributed by atoms with Gasteiger partial charge in [0.15, 0.2) is 5.16 Å². The Bertz CT molecular complexity index is 991. The first-order valence-corrected chi connectivity index (χ1v) is 9.89.